The van der Waals surface area contributed by atoms with Crippen molar-refractivity contribution >= 4 is 23.2 Å². The number of hydrogen-bond donors (Lipinski definition) is 1. The van der Waals surface area contributed by atoms with E-state index in [0.29, 0.717) is 6.54 Å². The summed E-state index contributed by atoms with van der Waals surface area (Å²) in [6.07, 6.45) is 4.35. The van der Waals surface area contributed by atoms with E-state index in [1.807, 2.05) is 29.6 Å². The van der Waals surface area contributed by atoms with Crippen LogP contribution in [-0.2, 0) is 24.2 Å². The zero-order valence-electron chi connectivity index (χ0n) is 13.3. The SMILES string of the molecule is O=C(O)C1CN(C(=O)c2csc3c2CCCC3)Cc2ccccc21. The first kappa shape index (κ1) is 15.4. The van der Waals surface area contributed by atoms with Crippen molar-refractivity contribution in [1.82, 2.24) is 4.90 Å². The van der Waals surface area contributed by atoms with Gasteiger partial charge in [-0.25, -0.2) is 0 Å². The largest absolute Gasteiger partial charge is 0.481 e. The second kappa shape index (κ2) is 6.06. The maximum absolute atomic E-state index is 13.1. The summed E-state index contributed by atoms with van der Waals surface area (Å²) >= 11 is 1.67. The summed E-state index contributed by atoms with van der Waals surface area (Å²) in [5.74, 6) is -1.53. The Hall–Kier alpha value is -2.14. The van der Waals surface area contributed by atoms with Crippen LogP contribution in [0.3, 0.4) is 0 Å². The van der Waals surface area contributed by atoms with Crippen molar-refractivity contribution in [3.05, 3.63) is 56.8 Å². The predicted octanol–water partition coefficient (Wildman–Crippen LogP) is 3.45. The molecule has 1 N–H and O–H groups in total. The van der Waals surface area contributed by atoms with E-state index in [9.17, 15) is 14.7 Å². The van der Waals surface area contributed by atoms with Gasteiger partial charge in [0.2, 0.25) is 0 Å². The Labute approximate surface area is 144 Å². The number of aliphatic carboxylic acids is 1. The van der Waals surface area contributed by atoms with Crippen molar-refractivity contribution < 1.29 is 14.7 Å². The van der Waals surface area contributed by atoms with Crippen LogP contribution in [0.25, 0.3) is 0 Å². The third kappa shape index (κ3) is 2.53. The molecule has 1 aromatic heterocycles. The van der Waals surface area contributed by atoms with Crippen LogP contribution in [0.2, 0.25) is 0 Å². The van der Waals surface area contributed by atoms with Crippen LogP contribution in [0, 0.1) is 0 Å². The number of rotatable bonds is 2. The number of amides is 1. The zero-order chi connectivity index (χ0) is 16.7. The number of carbonyl (C=O) groups is 2. The van der Waals surface area contributed by atoms with E-state index < -0.39 is 11.9 Å². The minimum absolute atomic E-state index is 0.0184. The van der Waals surface area contributed by atoms with E-state index in [1.54, 1.807) is 16.2 Å². The summed E-state index contributed by atoms with van der Waals surface area (Å²) in [5.41, 5.74) is 3.76. The Bertz CT molecular complexity index is 811. The number of carbonyl (C=O) groups excluding carboxylic acids is 1. The van der Waals surface area contributed by atoms with Crippen molar-refractivity contribution in [2.75, 3.05) is 6.54 Å². The second-order valence-corrected chi connectivity index (χ2v) is 7.50. The van der Waals surface area contributed by atoms with Gasteiger partial charge in [0.05, 0.1) is 11.5 Å². The average Bonchev–Trinajstić information content (AvgIpc) is 3.04. The summed E-state index contributed by atoms with van der Waals surface area (Å²) in [5, 5.41) is 11.5. The van der Waals surface area contributed by atoms with Crippen LogP contribution in [-0.4, -0.2) is 28.4 Å². The zero-order valence-corrected chi connectivity index (χ0v) is 14.1. The van der Waals surface area contributed by atoms with Crippen molar-refractivity contribution in [2.24, 2.45) is 0 Å². The first-order chi connectivity index (χ1) is 11.6. The first-order valence-electron chi connectivity index (χ1n) is 8.34. The molecule has 1 amide bonds. The standard InChI is InChI=1S/C19H19NO3S/c21-18(16-11-24-17-8-4-3-7-14(16)17)20-9-12-5-1-2-6-13(12)15(10-20)19(22)23/h1-2,5-6,11,15H,3-4,7-10H2,(H,22,23). The van der Waals surface area contributed by atoms with Gasteiger partial charge in [0, 0.05) is 23.3 Å². The molecular formula is C19H19NO3S. The van der Waals surface area contributed by atoms with Gasteiger partial charge in [0.1, 0.15) is 0 Å². The topological polar surface area (TPSA) is 57.6 Å². The number of benzene rings is 1. The van der Waals surface area contributed by atoms with Gasteiger partial charge in [-0.15, -0.1) is 11.3 Å². The number of carboxylic acids is 1. The van der Waals surface area contributed by atoms with Crippen molar-refractivity contribution in [3.63, 3.8) is 0 Å². The van der Waals surface area contributed by atoms with Crippen LogP contribution < -0.4 is 0 Å². The quantitative estimate of drug-likeness (QED) is 0.910. The van der Waals surface area contributed by atoms with E-state index >= 15 is 0 Å². The fraction of sp³-hybridized carbons (Fsp3) is 0.368. The Morgan fingerprint density at radius 1 is 1.17 bits per heavy atom. The third-order valence-corrected chi connectivity index (χ3v) is 6.16. The Kier molecular flexibility index (Phi) is 3.88. The molecule has 1 unspecified atom stereocenters. The number of fused-ring (bicyclic) bond motifs is 2. The number of aryl methyl sites for hydroxylation is 1. The van der Waals surface area contributed by atoms with Crippen molar-refractivity contribution in [3.8, 4) is 0 Å². The van der Waals surface area contributed by atoms with Crippen molar-refractivity contribution in [1.29, 1.82) is 0 Å². The highest BCUT2D eigenvalue weighted by molar-refractivity contribution is 7.10. The minimum Gasteiger partial charge on any atom is -0.481 e. The molecule has 2 heterocycles. The molecule has 1 aliphatic carbocycles. The minimum atomic E-state index is -0.868. The molecule has 1 aliphatic heterocycles. The molecule has 2 aromatic rings. The number of carboxylic acid groups (broad SMARTS) is 1. The Morgan fingerprint density at radius 2 is 1.96 bits per heavy atom. The molecule has 0 radical (unpaired) electrons. The highest BCUT2D eigenvalue weighted by Gasteiger charge is 2.34. The van der Waals surface area contributed by atoms with Gasteiger partial charge in [-0.1, -0.05) is 24.3 Å². The lowest BCUT2D eigenvalue weighted by atomic mass is 9.89. The highest BCUT2D eigenvalue weighted by atomic mass is 32.1. The number of hydrogen-bond acceptors (Lipinski definition) is 3. The Balaban J connectivity index is 1.66. The molecule has 24 heavy (non-hydrogen) atoms. The van der Waals surface area contributed by atoms with Crippen LogP contribution in [0.5, 0.6) is 0 Å². The maximum atomic E-state index is 13.1. The van der Waals surface area contributed by atoms with Gasteiger partial charge >= 0.3 is 5.97 Å². The molecule has 2 aliphatic rings. The molecule has 5 heteroatoms. The summed E-state index contributed by atoms with van der Waals surface area (Å²) in [6, 6.07) is 7.55. The molecule has 4 nitrogen and oxygen atoms in total. The number of nitrogens with zero attached hydrogens (tertiary/aromatic N) is 1. The van der Waals surface area contributed by atoms with Crippen LogP contribution in [0.15, 0.2) is 29.6 Å². The van der Waals surface area contributed by atoms with E-state index in [2.05, 4.69) is 0 Å². The predicted molar refractivity (Wildman–Crippen MR) is 92.5 cm³/mol. The molecule has 1 atom stereocenters. The highest BCUT2D eigenvalue weighted by Crippen LogP contribution is 2.34. The fourth-order valence-corrected chi connectivity index (χ4v) is 4.94. The Morgan fingerprint density at radius 3 is 2.79 bits per heavy atom. The molecule has 4 rings (SSSR count). The maximum Gasteiger partial charge on any atom is 0.312 e. The normalized spacial score (nSPS) is 19.5. The van der Waals surface area contributed by atoms with E-state index in [-0.39, 0.29) is 12.5 Å². The summed E-state index contributed by atoms with van der Waals surface area (Å²) in [7, 11) is 0. The smallest absolute Gasteiger partial charge is 0.312 e. The molecule has 0 spiro atoms. The van der Waals surface area contributed by atoms with Gasteiger partial charge in [-0.3, -0.25) is 9.59 Å². The lowest BCUT2D eigenvalue weighted by Gasteiger charge is -2.33. The van der Waals surface area contributed by atoms with E-state index in [0.717, 1.165) is 36.0 Å². The van der Waals surface area contributed by atoms with Gasteiger partial charge in [-0.05, 0) is 42.4 Å². The molecular weight excluding hydrogens is 322 g/mol. The molecule has 0 fully saturated rings. The third-order valence-electron chi connectivity index (χ3n) is 5.07. The van der Waals surface area contributed by atoms with Crippen LogP contribution >= 0.6 is 11.3 Å². The monoisotopic (exact) mass is 341 g/mol. The van der Waals surface area contributed by atoms with E-state index in [1.165, 1.54) is 16.9 Å². The first-order valence-corrected chi connectivity index (χ1v) is 9.22. The molecule has 124 valence electrons. The molecule has 0 saturated heterocycles. The molecule has 1 aromatic carbocycles. The van der Waals surface area contributed by atoms with Gasteiger partial charge in [0.25, 0.3) is 5.91 Å². The average molecular weight is 341 g/mol. The lowest BCUT2D eigenvalue weighted by Crippen LogP contribution is -2.40. The summed E-state index contributed by atoms with van der Waals surface area (Å²) in [6.45, 7) is 0.735. The van der Waals surface area contributed by atoms with Gasteiger partial charge in [0.15, 0.2) is 0 Å². The van der Waals surface area contributed by atoms with E-state index in [4.69, 9.17) is 0 Å². The molecule has 0 saturated carbocycles. The van der Waals surface area contributed by atoms with Gasteiger partial charge in [-0.2, -0.15) is 0 Å². The van der Waals surface area contributed by atoms with Crippen molar-refractivity contribution in [2.45, 2.75) is 38.1 Å². The second-order valence-electron chi connectivity index (χ2n) is 6.53. The summed E-state index contributed by atoms with van der Waals surface area (Å²) in [4.78, 5) is 27.8. The van der Waals surface area contributed by atoms with Gasteiger partial charge < -0.3 is 10.0 Å². The van der Waals surface area contributed by atoms with Crippen LogP contribution in [0.4, 0.5) is 0 Å². The summed E-state index contributed by atoms with van der Waals surface area (Å²) < 4.78 is 0. The molecule has 0 bridgehead atoms. The van der Waals surface area contributed by atoms with Crippen LogP contribution in [0.1, 0.15) is 50.7 Å². The lowest BCUT2D eigenvalue weighted by molar-refractivity contribution is -0.139. The fourth-order valence-electron chi connectivity index (χ4n) is 3.82. The number of thiophene rings is 1.